The van der Waals surface area contributed by atoms with Crippen LogP contribution >= 0.6 is 0 Å². The first-order chi connectivity index (χ1) is 29.3. The Balaban J connectivity index is 4.29. The van der Waals surface area contributed by atoms with Crippen molar-refractivity contribution in [2.75, 3.05) is 13.2 Å². The van der Waals surface area contributed by atoms with E-state index in [4.69, 9.17) is 14.2 Å². The quantitative estimate of drug-likeness (QED) is 0.0345. The van der Waals surface area contributed by atoms with E-state index in [-0.39, 0.29) is 31.1 Å². The van der Waals surface area contributed by atoms with Gasteiger partial charge >= 0.3 is 17.9 Å². The number of carbonyl (C=O) groups is 3. The van der Waals surface area contributed by atoms with Crippen LogP contribution in [0.1, 0.15) is 298 Å². The molecule has 0 heterocycles. The molecule has 356 valence electrons. The highest BCUT2D eigenvalue weighted by Crippen LogP contribution is 2.18. The van der Waals surface area contributed by atoms with E-state index in [2.05, 4.69) is 34.6 Å². The summed E-state index contributed by atoms with van der Waals surface area (Å²) in [6.45, 7) is 11.4. The van der Waals surface area contributed by atoms with Crippen molar-refractivity contribution in [2.24, 2.45) is 11.8 Å². The molecular weight excluding hydrogens is 745 g/mol. The molecule has 0 aromatic heterocycles. The summed E-state index contributed by atoms with van der Waals surface area (Å²) < 4.78 is 16.8. The van der Waals surface area contributed by atoms with Crippen LogP contribution in [0.15, 0.2) is 0 Å². The number of carbonyl (C=O) groups excluding carboxylic acids is 3. The highest BCUT2D eigenvalue weighted by Gasteiger charge is 2.19. The second-order valence-electron chi connectivity index (χ2n) is 19.2. The fourth-order valence-corrected chi connectivity index (χ4v) is 8.13. The van der Waals surface area contributed by atoms with E-state index >= 15 is 0 Å². The van der Waals surface area contributed by atoms with Gasteiger partial charge in [0.25, 0.3) is 0 Å². The maximum Gasteiger partial charge on any atom is 0.306 e. The molecule has 0 rings (SSSR count). The van der Waals surface area contributed by atoms with Crippen LogP contribution in [0.4, 0.5) is 0 Å². The van der Waals surface area contributed by atoms with E-state index in [1.165, 1.54) is 186 Å². The summed E-state index contributed by atoms with van der Waals surface area (Å²) in [7, 11) is 0. The molecule has 2 atom stereocenters. The van der Waals surface area contributed by atoms with Gasteiger partial charge in [0.15, 0.2) is 6.10 Å². The number of rotatable bonds is 48. The summed E-state index contributed by atoms with van der Waals surface area (Å²) in [4.78, 5) is 38.0. The Labute approximate surface area is 374 Å². The van der Waals surface area contributed by atoms with Gasteiger partial charge in [-0.3, -0.25) is 14.4 Å². The van der Waals surface area contributed by atoms with Gasteiger partial charge in [0.05, 0.1) is 0 Å². The first-order valence-electron chi connectivity index (χ1n) is 26.8. The lowest BCUT2D eigenvalue weighted by Gasteiger charge is -2.18. The molecule has 0 aliphatic heterocycles. The van der Waals surface area contributed by atoms with Gasteiger partial charge in [-0.1, -0.05) is 259 Å². The molecule has 0 N–H and O–H groups in total. The minimum Gasteiger partial charge on any atom is -0.462 e. The van der Waals surface area contributed by atoms with Crippen molar-refractivity contribution in [3.63, 3.8) is 0 Å². The van der Waals surface area contributed by atoms with Crippen LogP contribution in [0.3, 0.4) is 0 Å². The third kappa shape index (κ3) is 45.9. The predicted molar refractivity (Wildman–Crippen MR) is 256 cm³/mol. The normalized spacial score (nSPS) is 12.5. The van der Waals surface area contributed by atoms with Crippen molar-refractivity contribution < 1.29 is 28.6 Å². The molecule has 6 nitrogen and oxygen atoms in total. The molecule has 0 fully saturated rings. The molecule has 0 spiro atoms. The van der Waals surface area contributed by atoms with E-state index in [0.717, 1.165) is 69.6 Å². The predicted octanol–water partition coefficient (Wildman–Crippen LogP) is 17.3. The summed E-state index contributed by atoms with van der Waals surface area (Å²) in [5, 5.41) is 0. The van der Waals surface area contributed by atoms with Crippen LogP contribution in [0.25, 0.3) is 0 Å². The third-order valence-electron chi connectivity index (χ3n) is 12.6. The lowest BCUT2D eigenvalue weighted by Crippen LogP contribution is -2.30. The molecule has 0 aromatic carbocycles. The summed E-state index contributed by atoms with van der Waals surface area (Å²) in [6.07, 6.45) is 47.9. The van der Waals surface area contributed by atoms with Crippen LogP contribution < -0.4 is 0 Å². The lowest BCUT2D eigenvalue weighted by atomic mass is 9.99. The van der Waals surface area contributed by atoms with Crippen molar-refractivity contribution in [3.05, 3.63) is 0 Å². The summed E-state index contributed by atoms with van der Waals surface area (Å²) in [5.41, 5.74) is 0. The van der Waals surface area contributed by atoms with Gasteiger partial charge in [-0.15, -0.1) is 0 Å². The van der Waals surface area contributed by atoms with Gasteiger partial charge in [0.1, 0.15) is 13.2 Å². The van der Waals surface area contributed by atoms with E-state index in [0.29, 0.717) is 19.3 Å². The minimum absolute atomic E-state index is 0.0635. The summed E-state index contributed by atoms with van der Waals surface area (Å²) in [5.74, 6) is 0.866. The number of unbranched alkanes of at least 4 members (excludes halogenated alkanes) is 32. The largest absolute Gasteiger partial charge is 0.462 e. The minimum atomic E-state index is -0.761. The van der Waals surface area contributed by atoms with Crippen molar-refractivity contribution in [3.8, 4) is 0 Å². The molecule has 1 unspecified atom stereocenters. The molecule has 0 aliphatic rings. The smallest absolute Gasteiger partial charge is 0.306 e. The lowest BCUT2D eigenvalue weighted by molar-refractivity contribution is -0.167. The van der Waals surface area contributed by atoms with Crippen LogP contribution in [0.5, 0.6) is 0 Å². The Kier molecular flexibility index (Phi) is 45.7. The maximum atomic E-state index is 12.8. The number of esters is 3. The van der Waals surface area contributed by atoms with Crippen molar-refractivity contribution in [1.29, 1.82) is 0 Å². The second-order valence-corrected chi connectivity index (χ2v) is 19.2. The Hall–Kier alpha value is -1.59. The first-order valence-corrected chi connectivity index (χ1v) is 26.8. The maximum absolute atomic E-state index is 12.8. The fourth-order valence-electron chi connectivity index (χ4n) is 8.13. The zero-order chi connectivity index (χ0) is 44.0. The Morgan fingerprint density at radius 3 is 0.950 bits per heavy atom. The highest BCUT2D eigenvalue weighted by atomic mass is 16.6. The molecule has 60 heavy (non-hydrogen) atoms. The molecular formula is C54H104O6. The third-order valence-corrected chi connectivity index (χ3v) is 12.6. The van der Waals surface area contributed by atoms with Crippen molar-refractivity contribution >= 4 is 17.9 Å². The van der Waals surface area contributed by atoms with E-state index in [1.807, 2.05) is 0 Å². The molecule has 0 aliphatic carbocycles. The van der Waals surface area contributed by atoms with E-state index in [9.17, 15) is 14.4 Å². The molecule has 6 heteroatoms. The average molecular weight is 849 g/mol. The van der Waals surface area contributed by atoms with Gasteiger partial charge in [-0.05, 0) is 31.1 Å². The zero-order valence-electron chi connectivity index (χ0n) is 41.1. The number of ether oxygens (including phenoxy) is 3. The van der Waals surface area contributed by atoms with Gasteiger partial charge in [0.2, 0.25) is 0 Å². The molecule has 0 saturated carbocycles. The fraction of sp³-hybridized carbons (Fsp3) is 0.944. The van der Waals surface area contributed by atoms with E-state index in [1.54, 1.807) is 0 Å². The number of hydrogen-bond acceptors (Lipinski definition) is 6. The van der Waals surface area contributed by atoms with Crippen LogP contribution in [-0.4, -0.2) is 37.2 Å². The van der Waals surface area contributed by atoms with E-state index < -0.39 is 6.10 Å². The van der Waals surface area contributed by atoms with Gasteiger partial charge in [-0.2, -0.15) is 0 Å². The zero-order valence-corrected chi connectivity index (χ0v) is 41.1. The summed E-state index contributed by atoms with van der Waals surface area (Å²) >= 11 is 0. The molecule has 0 aromatic rings. The van der Waals surface area contributed by atoms with Crippen LogP contribution in [0.2, 0.25) is 0 Å². The Morgan fingerprint density at radius 1 is 0.350 bits per heavy atom. The monoisotopic (exact) mass is 849 g/mol. The Morgan fingerprint density at radius 2 is 0.633 bits per heavy atom. The van der Waals surface area contributed by atoms with Crippen LogP contribution in [-0.2, 0) is 28.6 Å². The SMILES string of the molecule is CCCCCCCCCCCCCC(=O)OC[C@@H](COC(=O)CCCCCCCCCCCCC(C)C)OC(=O)CCCCCCCCCCCCCCCCC(C)CC. The van der Waals surface area contributed by atoms with Gasteiger partial charge in [-0.25, -0.2) is 0 Å². The molecule has 0 saturated heterocycles. The highest BCUT2D eigenvalue weighted by molar-refractivity contribution is 5.71. The van der Waals surface area contributed by atoms with Gasteiger partial charge in [0, 0.05) is 19.3 Å². The van der Waals surface area contributed by atoms with Crippen molar-refractivity contribution in [1.82, 2.24) is 0 Å². The Bertz CT molecular complexity index is 918. The molecule has 0 amide bonds. The molecule has 0 radical (unpaired) electrons. The summed E-state index contributed by atoms with van der Waals surface area (Å²) in [6, 6.07) is 0. The average Bonchev–Trinajstić information content (AvgIpc) is 3.23. The standard InChI is InChI=1S/C54H104O6/c1-6-8-9-10-11-12-17-24-29-34-39-44-52(55)58-47-51(48-59-53(56)45-40-35-30-25-21-20-22-27-32-37-42-49(3)4)60-54(57)46-41-36-31-26-19-16-14-13-15-18-23-28-33-38-43-50(5)7-2/h49-51H,6-48H2,1-5H3/t50?,51-/m0/s1. The first kappa shape index (κ1) is 58.4. The number of hydrogen-bond donors (Lipinski definition) is 0. The second kappa shape index (κ2) is 46.9. The van der Waals surface area contributed by atoms with Crippen LogP contribution in [0, 0.1) is 11.8 Å². The van der Waals surface area contributed by atoms with Crippen molar-refractivity contribution in [2.45, 2.75) is 304 Å². The topological polar surface area (TPSA) is 78.9 Å². The van der Waals surface area contributed by atoms with Gasteiger partial charge < -0.3 is 14.2 Å². The molecule has 0 bridgehead atoms.